The van der Waals surface area contributed by atoms with Gasteiger partial charge in [-0.05, 0) is 49.4 Å². The predicted octanol–water partition coefficient (Wildman–Crippen LogP) is 2.58. The molecule has 0 aromatic rings. The second kappa shape index (κ2) is 2.98. The Hall–Kier alpha value is -0.0400. The van der Waals surface area contributed by atoms with E-state index >= 15 is 0 Å². The summed E-state index contributed by atoms with van der Waals surface area (Å²) in [4.78, 5) is 0. The Labute approximate surface area is 80.5 Å². The summed E-state index contributed by atoms with van der Waals surface area (Å²) in [7, 11) is 0. The third kappa shape index (κ3) is 1.32. The normalized spacial score (nSPS) is 54.7. The molecule has 0 spiro atoms. The average Bonchev–Trinajstić information content (AvgIpc) is 2.19. The Bertz CT molecular complexity index is 199. The zero-order valence-electron chi connectivity index (χ0n) is 8.28. The molecule has 74 valence electrons. The SMILES string of the molecule is OC1CC2CCC3CCC1C(C3)C2. The summed E-state index contributed by atoms with van der Waals surface area (Å²) in [5.74, 6) is 3.48. The minimum Gasteiger partial charge on any atom is -0.393 e. The van der Waals surface area contributed by atoms with E-state index in [9.17, 15) is 5.11 Å². The molecule has 0 radical (unpaired) electrons. The van der Waals surface area contributed by atoms with E-state index < -0.39 is 0 Å². The molecular weight excluding hydrogens is 160 g/mol. The van der Waals surface area contributed by atoms with Gasteiger partial charge < -0.3 is 5.11 Å². The first-order chi connectivity index (χ1) is 6.33. The van der Waals surface area contributed by atoms with E-state index in [2.05, 4.69) is 0 Å². The van der Waals surface area contributed by atoms with Gasteiger partial charge in [-0.1, -0.05) is 19.3 Å². The van der Waals surface area contributed by atoms with Gasteiger partial charge in [0, 0.05) is 0 Å². The van der Waals surface area contributed by atoms with Crippen LogP contribution in [0.1, 0.15) is 44.9 Å². The molecule has 0 heterocycles. The lowest BCUT2D eigenvalue weighted by atomic mass is 9.66. The molecule has 3 rings (SSSR count). The van der Waals surface area contributed by atoms with E-state index in [1.54, 1.807) is 0 Å². The molecule has 3 fully saturated rings. The average molecular weight is 180 g/mol. The number of hydrogen-bond acceptors (Lipinski definition) is 1. The van der Waals surface area contributed by atoms with Crippen molar-refractivity contribution in [1.29, 1.82) is 0 Å². The molecule has 3 aliphatic rings. The summed E-state index contributed by atoms with van der Waals surface area (Å²) in [5, 5.41) is 10.0. The molecule has 1 nitrogen and oxygen atoms in total. The third-order valence-corrected chi connectivity index (χ3v) is 4.84. The largest absolute Gasteiger partial charge is 0.393 e. The van der Waals surface area contributed by atoms with Crippen molar-refractivity contribution in [1.82, 2.24) is 0 Å². The Morgan fingerprint density at radius 3 is 2.38 bits per heavy atom. The van der Waals surface area contributed by atoms with Crippen LogP contribution in [0, 0.1) is 23.7 Å². The van der Waals surface area contributed by atoms with Gasteiger partial charge in [0.15, 0.2) is 0 Å². The number of hydrogen-bond donors (Lipinski definition) is 1. The van der Waals surface area contributed by atoms with E-state index in [4.69, 9.17) is 0 Å². The van der Waals surface area contributed by atoms with Crippen molar-refractivity contribution in [3.8, 4) is 0 Å². The first-order valence-corrected chi connectivity index (χ1v) is 6.01. The van der Waals surface area contributed by atoms with Crippen LogP contribution in [-0.2, 0) is 0 Å². The Balaban J connectivity index is 1.87. The van der Waals surface area contributed by atoms with Gasteiger partial charge in [0.05, 0.1) is 6.10 Å². The summed E-state index contributed by atoms with van der Waals surface area (Å²) in [6, 6.07) is 0. The Morgan fingerprint density at radius 1 is 0.769 bits per heavy atom. The smallest absolute Gasteiger partial charge is 0.0573 e. The van der Waals surface area contributed by atoms with Crippen molar-refractivity contribution < 1.29 is 5.11 Å². The molecule has 1 N–H and O–H groups in total. The Morgan fingerprint density at radius 2 is 1.46 bits per heavy atom. The van der Waals surface area contributed by atoms with Crippen LogP contribution in [0.4, 0.5) is 0 Å². The molecule has 3 bridgehead atoms. The van der Waals surface area contributed by atoms with E-state index in [0.717, 1.165) is 24.2 Å². The maximum absolute atomic E-state index is 10.0. The third-order valence-electron chi connectivity index (χ3n) is 4.84. The quantitative estimate of drug-likeness (QED) is 0.607. The molecule has 0 aromatic carbocycles. The van der Waals surface area contributed by atoms with Crippen molar-refractivity contribution in [3.05, 3.63) is 0 Å². The summed E-state index contributed by atoms with van der Waals surface area (Å²) in [5.41, 5.74) is 0. The second-order valence-corrected chi connectivity index (χ2v) is 5.59. The molecule has 0 aromatic heterocycles. The van der Waals surface area contributed by atoms with Crippen LogP contribution in [0.25, 0.3) is 0 Å². The summed E-state index contributed by atoms with van der Waals surface area (Å²) >= 11 is 0. The van der Waals surface area contributed by atoms with Crippen LogP contribution in [0.2, 0.25) is 0 Å². The van der Waals surface area contributed by atoms with Gasteiger partial charge in [0.25, 0.3) is 0 Å². The minimum atomic E-state index is 0.0581. The predicted molar refractivity (Wildman–Crippen MR) is 52.3 cm³/mol. The van der Waals surface area contributed by atoms with Crippen LogP contribution < -0.4 is 0 Å². The summed E-state index contributed by atoms with van der Waals surface area (Å²) in [6.45, 7) is 0. The molecule has 13 heavy (non-hydrogen) atoms. The number of fused-ring (bicyclic) bond motifs is 2. The van der Waals surface area contributed by atoms with Crippen LogP contribution in [0.3, 0.4) is 0 Å². The van der Waals surface area contributed by atoms with Crippen LogP contribution in [0.5, 0.6) is 0 Å². The van der Waals surface area contributed by atoms with E-state index in [1.807, 2.05) is 0 Å². The Kier molecular flexibility index (Phi) is 1.90. The molecule has 0 aliphatic heterocycles. The van der Waals surface area contributed by atoms with Gasteiger partial charge in [-0.3, -0.25) is 0 Å². The summed E-state index contributed by atoms with van der Waals surface area (Å²) < 4.78 is 0. The second-order valence-electron chi connectivity index (χ2n) is 5.59. The lowest BCUT2D eigenvalue weighted by Crippen LogP contribution is -2.38. The molecular formula is C12H20O. The zero-order valence-corrected chi connectivity index (χ0v) is 8.28. The highest BCUT2D eigenvalue weighted by atomic mass is 16.3. The van der Waals surface area contributed by atoms with Crippen LogP contribution in [-0.4, -0.2) is 11.2 Å². The highest BCUT2D eigenvalue weighted by molar-refractivity contribution is 4.93. The maximum atomic E-state index is 10.0. The molecule has 5 unspecified atom stereocenters. The summed E-state index contributed by atoms with van der Waals surface area (Å²) in [6.07, 6.45) is 9.66. The topological polar surface area (TPSA) is 20.2 Å². The highest BCUT2D eigenvalue weighted by Crippen LogP contribution is 2.50. The van der Waals surface area contributed by atoms with Gasteiger partial charge in [0.1, 0.15) is 0 Å². The molecule has 3 saturated carbocycles. The number of rotatable bonds is 0. The standard InChI is InChI=1S/C12H20O/c13-12-7-9-2-1-8-3-4-11(12)10(5-8)6-9/h8-13H,1-7H2. The number of aliphatic hydroxyl groups is 1. The molecule has 1 heteroatoms. The lowest BCUT2D eigenvalue weighted by Gasteiger charge is -2.41. The fraction of sp³-hybridized carbons (Fsp3) is 1.00. The molecule has 0 amide bonds. The first kappa shape index (κ1) is 8.28. The van der Waals surface area contributed by atoms with Crippen molar-refractivity contribution in [3.63, 3.8) is 0 Å². The van der Waals surface area contributed by atoms with Gasteiger partial charge >= 0.3 is 0 Å². The van der Waals surface area contributed by atoms with Crippen molar-refractivity contribution in [2.45, 2.75) is 51.0 Å². The molecule has 0 saturated heterocycles. The van der Waals surface area contributed by atoms with E-state index in [0.29, 0.717) is 5.92 Å². The van der Waals surface area contributed by atoms with Gasteiger partial charge in [-0.25, -0.2) is 0 Å². The molecule has 5 atom stereocenters. The minimum absolute atomic E-state index is 0.0581. The highest BCUT2D eigenvalue weighted by Gasteiger charge is 2.42. The zero-order chi connectivity index (χ0) is 8.84. The van der Waals surface area contributed by atoms with Crippen molar-refractivity contribution in [2.24, 2.45) is 23.7 Å². The monoisotopic (exact) mass is 180 g/mol. The van der Waals surface area contributed by atoms with Gasteiger partial charge in [-0.15, -0.1) is 0 Å². The lowest BCUT2D eigenvalue weighted by molar-refractivity contribution is -0.0118. The van der Waals surface area contributed by atoms with Crippen LogP contribution >= 0.6 is 0 Å². The van der Waals surface area contributed by atoms with Gasteiger partial charge in [0.2, 0.25) is 0 Å². The van der Waals surface area contributed by atoms with Gasteiger partial charge in [-0.2, -0.15) is 0 Å². The van der Waals surface area contributed by atoms with E-state index in [-0.39, 0.29) is 6.10 Å². The fourth-order valence-electron chi connectivity index (χ4n) is 4.17. The molecule has 3 aliphatic carbocycles. The maximum Gasteiger partial charge on any atom is 0.0573 e. The fourth-order valence-corrected chi connectivity index (χ4v) is 4.17. The van der Waals surface area contributed by atoms with Crippen molar-refractivity contribution in [2.75, 3.05) is 0 Å². The number of aliphatic hydroxyl groups excluding tert-OH is 1. The first-order valence-electron chi connectivity index (χ1n) is 6.01. The van der Waals surface area contributed by atoms with Crippen LogP contribution in [0.15, 0.2) is 0 Å². The van der Waals surface area contributed by atoms with E-state index in [1.165, 1.54) is 38.5 Å². The van der Waals surface area contributed by atoms with Crippen molar-refractivity contribution >= 4 is 0 Å².